The van der Waals surface area contributed by atoms with Gasteiger partial charge < -0.3 is 10.4 Å². The molecular weight excluding hydrogens is 265 g/mol. The molecule has 1 aromatic heterocycles. The van der Waals surface area contributed by atoms with Crippen molar-refractivity contribution in [1.29, 1.82) is 0 Å². The fourth-order valence-corrected chi connectivity index (χ4v) is 1.86. The van der Waals surface area contributed by atoms with E-state index >= 15 is 0 Å². The number of nitrogens with zero attached hydrogens (tertiary/aromatic N) is 2. The number of aromatic nitrogens is 2. The third-order valence-corrected chi connectivity index (χ3v) is 2.85. The molecule has 2 aromatic rings. The fourth-order valence-electron chi connectivity index (χ4n) is 1.86. The standard InChI is InChI=1S/C13H14FN3O3/c1-17-10-4-3-8(14)7-9(10)12(19)11(16-17)13(20)15-5-2-6-18/h3-4,7,18H,2,5-6H2,1H3,(H,15,20). The lowest BCUT2D eigenvalue weighted by molar-refractivity contribution is 0.0943. The van der Waals surface area contributed by atoms with Crippen LogP contribution < -0.4 is 10.7 Å². The maximum atomic E-state index is 13.2. The minimum atomic E-state index is -0.634. The average molecular weight is 279 g/mol. The molecular formula is C13H14FN3O3. The first-order valence-electron chi connectivity index (χ1n) is 6.10. The van der Waals surface area contributed by atoms with E-state index in [9.17, 15) is 14.0 Å². The number of fused-ring (bicyclic) bond motifs is 1. The van der Waals surface area contributed by atoms with Crippen LogP contribution in [0.3, 0.4) is 0 Å². The number of halogens is 1. The summed E-state index contributed by atoms with van der Waals surface area (Å²) in [6.07, 6.45) is 0.383. The van der Waals surface area contributed by atoms with Gasteiger partial charge >= 0.3 is 0 Å². The quantitative estimate of drug-likeness (QED) is 0.782. The van der Waals surface area contributed by atoms with E-state index in [0.29, 0.717) is 11.9 Å². The number of carbonyl (C=O) groups excluding carboxylic acids is 1. The number of benzene rings is 1. The van der Waals surface area contributed by atoms with Gasteiger partial charge in [0.1, 0.15) is 5.82 Å². The number of aliphatic hydroxyl groups excluding tert-OH is 1. The van der Waals surface area contributed by atoms with E-state index in [-0.39, 0.29) is 24.2 Å². The molecule has 0 spiro atoms. The zero-order chi connectivity index (χ0) is 14.7. The van der Waals surface area contributed by atoms with Crippen LogP contribution >= 0.6 is 0 Å². The molecule has 0 aliphatic rings. The third-order valence-electron chi connectivity index (χ3n) is 2.85. The second-order valence-corrected chi connectivity index (χ2v) is 4.30. The van der Waals surface area contributed by atoms with Crippen LogP contribution in [0.4, 0.5) is 4.39 Å². The first-order valence-corrected chi connectivity index (χ1v) is 6.10. The first-order chi connectivity index (χ1) is 9.54. The second kappa shape index (κ2) is 5.79. The summed E-state index contributed by atoms with van der Waals surface area (Å²) in [4.78, 5) is 24.0. The summed E-state index contributed by atoms with van der Waals surface area (Å²) in [6.45, 7) is 0.177. The van der Waals surface area contributed by atoms with E-state index in [0.717, 1.165) is 6.07 Å². The Hall–Kier alpha value is -2.28. The highest BCUT2D eigenvalue weighted by Gasteiger charge is 2.16. The van der Waals surface area contributed by atoms with Crippen molar-refractivity contribution in [2.45, 2.75) is 6.42 Å². The second-order valence-electron chi connectivity index (χ2n) is 4.30. The molecule has 1 amide bonds. The predicted octanol–water partition coefficient (Wildman–Crippen LogP) is 0.185. The number of hydrogen-bond acceptors (Lipinski definition) is 4. The highest BCUT2D eigenvalue weighted by Crippen LogP contribution is 2.10. The molecule has 0 bridgehead atoms. The van der Waals surface area contributed by atoms with Gasteiger partial charge in [-0.1, -0.05) is 0 Å². The van der Waals surface area contributed by atoms with Gasteiger partial charge in [-0.2, -0.15) is 5.10 Å². The molecule has 1 aromatic carbocycles. The van der Waals surface area contributed by atoms with Crippen molar-refractivity contribution in [3.05, 3.63) is 39.9 Å². The average Bonchev–Trinajstić information content (AvgIpc) is 2.42. The summed E-state index contributed by atoms with van der Waals surface area (Å²) < 4.78 is 14.6. The van der Waals surface area contributed by atoms with E-state index in [1.54, 1.807) is 7.05 Å². The maximum absolute atomic E-state index is 13.2. The van der Waals surface area contributed by atoms with Gasteiger partial charge in [-0.3, -0.25) is 14.3 Å². The number of carbonyl (C=O) groups is 1. The number of hydrogen-bond donors (Lipinski definition) is 2. The number of nitrogens with one attached hydrogen (secondary N) is 1. The van der Waals surface area contributed by atoms with E-state index in [1.165, 1.54) is 16.8 Å². The van der Waals surface area contributed by atoms with Crippen molar-refractivity contribution in [3.8, 4) is 0 Å². The normalized spacial score (nSPS) is 10.8. The Morgan fingerprint density at radius 2 is 2.25 bits per heavy atom. The van der Waals surface area contributed by atoms with Gasteiger partial charge in [0.15, 0.2) is 5.69 Å². The van der Waals surface area contributed by atoms with Crippen LogP contribution in [0.2, 0.25) is 0 Å². The molecule has 0 aliphatic carbocycles. The number of aliphatic hydroxyl groups is 1. The zero-order valence-corrected chi connectivity index (χ0v) is 10.9. The van der Waals surface area contributed by atoms with Crippen LogP contribution in [-0.2, 0) is 7.05 Å². The molecule has 20 heavy (non-hydrogen) atoms. The molecule has 0 saturated heterocycles. The number of rotatable bonds is 4. The summed E-state index contributed by atoms with van der Waals surface area (Å²) in [5, 5.41) is 15.1. The van der Waals surface area contributed by atoms with Crippen molar-refractivity contribution in [2.75, 3.05) is 13.2 Å². The van der Waals surface area contributed by atoms with Crippen molar-refractivity contribution in [1.82, 2.24) is 15.1 Å². The van der Waals surface area contributed by atoms with Crippen molar-refractivity contribution >= 4 is 16.8 Å². The first kappa shape index (κ1) is 14.1. The number of aryl methyl sites for hydroxylation is 1. The molecule has 6 nitrogen and oxygen atoms in total. The van der Waals surface area contributed by atoms with Gasteiger partial charge in [0.25, 0.3) is 5.91 Å². The van der Waals surface area contributed by atoms with Gasteiger partial charge in [-0.25, -0.2) is 4.39 Å². The van der Waals surface area contributed by atoms with Gasteiger partial charge in [0.2, 0.25) is 5.43 Å². The maximum Gasteiger partial charge on any atom is 0.275 e. The molecule has 2 N–H and O–H groups in total. The topological polar surface area (TPSA) is 84.2 Å². The Bertz CT molecular complexity index is 712. The van der Waals surface area contributed by atoms with Crippen molar-refractivity contribution < 1.29 is 14.3 Å². The number of amides is 1. The molecule has 1 heterocycles. The van der Waals surface area contributed by atoms with Crippen LogP contribution in [-0.4, -0.2) is 33.9 Å². The Morgan fingerprint density at radius 1 is 1.50 bits per heavy atom. The molecule has 0 aliphatic heterocycles. The SMILES string of the molecule is Cn1nc(C(=O)NCCCO)c(=O)c2cc(F)ccc21. The van der Waals surface area contributed by atoms with E-state index in [1.807, 2.05) is 0 Å². The highest BCUT2D eigenvalue weighted by atomic mass is 19.1. The van der Waals surface area contributed by atoms with Crippen LogP contribution in [0, 0.1) is 5.82 Å². The summed E-state index contributed by atoms with van der Waals surface area (Å²) in [7, 11) is 1.57. The minimum Gasteiger partial charge on any atom is -0.396 e. The predicted molar refractivity (Wildman–Crippen MR) is 71.0 cm³/mol. The Kier molecular flexibility index (Phi) is 4.09. The van der Waals surface area contributed by atoms with Crippen LogP contribution in [0.1, 0.15) is 16.9 Å². The van der Waals surface area contributed by atoms with Gasteiger partial charge in [-0.15, -0.1) is 0 Å². The molecule has 7 heteroatoms. The Morgan fingerprint density at radius 3 is 2.95 bits per heavy atom. The molecule has 0 atom stereocenters. The summed E-state index contributed by atoms with van der Waals surface area (Å²) >= 11 is 0. The van der Waals surface area contributed by atoms with E-state index in [2.05, 4.69) is 10.4 Å². The molecule has 0 unspecified atom stereocenters. The summed E-state index contributed by atoms with van der Waals surface area (Å²) in [6, 6.07) is 3.75. The Balaban J connectivity index is 2.47. The largest absolute Gasteiger partial charge is 0.396 e. The monoisotopic (exact) mass is 279 g/mol. The van der Waals surface area contributed by atoms with Gasteiger partial charge in [-0.05, 0) is 24.6 Å². The summed E-state index contributed by atoms with van der Waals surface area (Å²) in [5.74, 6) is -1.18. The zero-order valence-electron chi connectivity index (χ0n) is 10.9. The van der Waals surface area contributed by atoms with Crippen LogP contribution in [0.15, 0.2) is 23.0 Å². The molecule has 2 rings (SSSR count). The molecule has 0 radical (unpaired) electrons. The molecule has 0 fully saturated rings. The van der Waals surface area contributed by atoms with Crippen molar-refractivity contribution in [3.63, 3.8) is 0 Å². The molecule has 0 saturated carbocycles. The lowest BCUT2D eigenvalue weighted by Crippen LogP contribution is -2.32. The van der Waals surface area contributed by atoms with Crippen LogP contribution in [0.25, 0.3) is 10.9 Å². The van der Waals surface area contributed by atoms with Crippen molar-refractivity contribution in [2.24, 2.45) is 7.05 Å². The Labute approximate surface area is 113 Å². The molecule has 106 valence electrons. The minimum absolute atomic E-state index is 0.0609. The van der Waals surface area contributed by atoms with E-state index in [4.69, 9.17) is 5.11 Å². The lowest BCUT2D eigenvalue weighted by atomic mass is 10.2. The lowest BCUT2D eigenvalue weighted by Gasteiger charge is -2.08. The smallest absolute Gasteiger partial charge is 0.275 e. The van der Waals surface area contributed by atoms with Gasteiger partial charge in [0.05, 0.1) is 10.9 Å². The fraction of sp³-hybridized carbons (Fsp3) is 0.308. The van der Waals surface area contributed by atoms with Crippen LogP contribution in [0.5, 0.6) is 0 Å². The highest BCUT2D eigenvalue weighted by molar-refractivity contribution is 5.95. The summed E-state index contributed by atoms with van der Waals surface area (Å²) in [5.41, 5.74) is -0.453. The van der Waals surface area contributed by atoms with Gasteiger partial charge in [0, 0.05) is 20.2 Å². The van der Waals surface area contributed by atoms with E-state index < -0.39 is 17.2 Å². The third kappa shape index (κ3) is 2.67.